The highest BCUT2D eigenvalue weighted by Gasteiger charge is 2.34. The van der Waals surface area contributed by atoms with Gasteiger partial charge in [0.05, 0.1) is 12.3 Å². The van der Waals surface area contributed by atoms with E-state index >= 15 is 0 Å². The van der Waals surface area contributed by atoms with Crippen LogP contribution in [0.1, 0.15) is 51.4 Å². The second kappa shape index (κ2) is 9.00. The Balaban J connectivity index is 3.72. The van der Waals surface area contributed by atoms with Crippen LogP contribution >= 0.6 is 0 Å². The first kappa shape index (κ1) is 17.0. The third kappa shape index (κ3) is 10.2. The van der Waals surface area contributed by atoms with Gasteiger partial charge in [0.1, 0.15) is 0 Å². The van der Waals surface area contributed by atoms with E-state index < -0.39 is 24.5 Å². The highest BCUT2D eigenvalue weighted by molar-refractivity contribution is 5.69. The second-order valence-electron chi connectivity index (χ2n) is 4.49. The first-order chi connectivity index (χ1) is 8.37. The fourth-order valence-electron chi connectivity index (χ4n) is 1.80. The van der Waals surface area contributed by atoms with Crippen LogP contribution in [0.25, 0.3) is 0 Å². The van der Waals surface area contributed by atoms with E-state index in [1.54, 1.807) is 0 Å². The van der Waals surface area contributed by atoms with E-state index in [4.69, 9.17) is 5.11 Å². The van der Waals surface area contributed by atoms with Gasteiger partial charge < -0.3 is 5.11 Å². The van der Waals surface area contributed by atoms with Crippen LogP contribution in [0.4, 0.5) is 13.2 Å². The Kier molecular flexibility index (Phi) is 8.50. The van der Waals surface area contributed by atoms with Gasteiger partial charge in [0.25, 0.3) is 0 Å². The number of carbonyl (C=O) groups is 1. The van der Waals surface area contributed by atoms with E-state index in [9.17, 15) is 18.0 Å². The molecular weight excluding hydrogens is 245 g/mol. The molecule has 0 spiro atoms. The van der Waals surface area contributed by atoms with Gasteiger partial charge in [-0.15, -0.1) is 6.58 Å². The summed E-state index contributed by atoms with van der Waals surface area (Å²) in [5.74, 6) is -2.64. The van der Waals surface area contributed by atoms with Gasteiger partial charge in [0, 0.05) is 0 Å². The fraction of sp³-hybridized carbons (Fsp3) is 0.769. The number of alkyl halides is 3. The minimum Gasteiger partial charge on any atom is -0.481 e. The summed E-state index contributed by atoms with van der Waals surface area (Å²) in [5, 5.41) is 8.70. The van der Waals surface area contributed by atoms with E-state index in [-0.39, 0.29) is 6.42 Å². The number of carboxylic acid groups (broad SMARTS) is 1. The Morgan fingerprint density at radius 3 is 2.22 bits per heavy atom. The Hall–Kier alpha value is -1.00. The molecule has 0 aromatic carbocycles. The molecule has 0 aliphatic carbocycles. The first-order valence-electron chi connectivity index (χ1n) is 6.27. The van der Waals surface area contributed by atoms with Crippen molar-refractivity contribution in [2.75, 3.05) is 0 Å². The predicted molar refractivity (Wildman–Crippen MR) is 64.3 cm³/mol. The standard InChI is InChI=1S/C13H21F3O2/c1-2-3-4-5-6-7-8-9-11(12(17)18)10-13(14,15)16/h2,11H,1,3-10H2,(H,17,18). The number of hydrogen-bond donors (Lipinski definition) is 1. The zero-order valence-corrected chi connectivity index (χ0v) is 10.5. The van der Waals surface area contributed by atoms with E-state index in [1.807, 2.05) is 6.08 Å². The normalized spacial score (nSPS) is 13.3. The zero-order chi connectivity index (χ0) is 14.0. The van der Waals surface area contributed by atoms with Crippen molar-refractivity contribution in [1.82, 2.24) is 0 Å². The van der Waals surface area contributed by atoms with Gasteiger partial charge in [-0.05, 0) is 19.3 Å². The molecular formula is C13H21F3O2. The van der Waals surface area contributed by atoms with Gasteiger partial charge in [-0.1, -0.05) is 31.8 Å². The maximum atomic E-state index is 12.1. The van der Waals surface area contributed by atoms with Crippen molar-refractivity contribution in [1.29, 1.82) is 0 Å². The molecule has 0 aromatic rings. The number of allylic oxidation sites excluding steroid dienone is 1. The molecule has 1 atom stereocenters. The molecule has 0 radical (unpaired) electrons. The van der Waals surface area contributed by atoms with Crippen LogP contribution in [-0.2, 0) is 4.79 Å². The average Bonchev–Trinajstić information content (AvgIpc) is 2.24. The number of carboxylic acids is 1. The molecule has 5 heteroatoms. The van der Waals surface area contributed by atoms with Crippen LogP contribution in [0.15, 0.2) is 12.7 Å². The number of hydrogen-bond acceptors (Lipinski definition) is 1. The molecule has 0 bridgehead atoms. The van der Waals surface area contributed by atoms with Crippen LogP contribution in [0.2, 0.25) is 0 Å². The van der Waals surface area contributed by atoms with Crippen LogP contribution in [-0.4, -0.2) is 17.3 Å². The third-order valence-corrected chi connectivity index (χ3v) is 2.79. The summed E-state index contributed by atoms with van der Waals surface area (Å²) in [6.45, 7) is 3.60. The minimum atomic E-state index is -4.40. The van der Waals surface area contributed by atoms with Gasteiger partial charge in [-0.2, -0.15) is 13.2 Å². The number of halogens is 3. The lowest BCUT2D eigenvalue weighted by atomic mass is 9.97. The Labute approximate surface area is 106 Å². The maximum Gasteiger partial charge on any atom is 0.389 e. The zero-order valence-electron chi connectivity index (χ0n) is 10.5. The van der Waals surface area contributed by atoms with Crippen LogP contribution in [0, 0.1) is 5.92 Å². The molecule has 0 aromatic heterocycles. The van der Waals surface area contributed by atoms with Crippen molar-refractivity contribution in [2.45, 2.75) is 57.5 Å². The summed E-state index contributed by atoms with van der Waals surface area (Å²) in [6, 6.07) is 0. The molecule has 0 amide bonds. The van der Waals surface area contributed by atoms with Crippen molar-refractivity contribution >= 4 is 5.97 Å². The van der Waals surface area contributed by atoms with Crippen LogP contribution < -0.4 is 0 Å². The smallest absolute Gasteiger partial charge is 0.389 e. The average molecular weight is 266 g/mol. The monoisotopic (exact) mass is 266 g/mol. The molecule has 18 heavy (non-hydrogen) atoms. The molecule has 2 nitrogen and oxygen atoms in total. The molecule has 0 heterocycles. The van der Waals surface area contributed by atoms with Crippen molar-refractivity contribution < 1.29 is 23.1 Å². The molecule has 1 unspecified atom stereocenters. The minimum absolute atomic E-state index is 0.107. The van der Waals surface area contributed by atoms with Gasteiger partial charge in [0.15, 0.2) is 0 Å². The van der Waals surface area contributed by atoms with Gasteiger partial charge in [0.2, 0.25) is 0 Å². The summed E-state index contributed by atoms with van der Waals surface area (Å²) in [6.07, 6.45) is 1.60. The molecule has 0 fully saturated rings. The van der Waals surface area contributed by atoms with E-state index in [0.717, 1.165) is 32.1 Å². The summed E-state index contributed by atoms with van der Waals surface area (Å²) in [4.78, 5) is 10.7. The predicted octanol–water partition coefficient (Wildman–Crippen LogP) is 4.56. The third-order valence-electron chi connectivity index (χ3n) is 2.79. The van der Waals surface area contributed by atoms with Crippen molar-refractivity contribution in [3.05, 3.63) is 12.7 Å². The molecule has 0 aliphatic rings. The molecule has 0 saturated heterocycles. The quantitative estimate of drug-likeness (QED) is 0.465. The number of rotatable bonds is 10. The lowest BCUT2D eigenvalue weighted by Gasteiger charge is -2.14. The summed E-state index contributed by atoms with van der Waals surface area (Å²) >= 11 is 0. The second-order valence-corrected chi connectivity index (χ2v) is 4.49. The Bertz CT molecular complexity index is 249. The first-order valence-corrected chi connectivity index (χ1v) is 6.27. The van der Waals surface area contributed by atoms with E-state index in [0.29, 0.717) is 6.42 Å². The number of aliphatic carboxylic acids is 1. The van der Waals surface area contributed by atoms with Crippen molar-refractivity contribution in [3.63, 3.8) is 0 Å². The largest absolute Gasteiger partial charge is 0.481 e. The summed E-state index contributed by atoms with van der Waals surface area (Å²) < 4.78 is 36.3. The van der Waals surface area contributed by atoms with Crippen molar-refractivity contribution in [2.24, 2.45) is 5.92 Å². The molecule has 0 aliphatic heterocycles. The lowest BCUT2D eigenvalue weighted by Crippen LogP contribution is -2.22. The SMILES string of the molecule is C=CCCCCCCCC(CC(F)(F)F)C(=O)O. The number of unbranched alkanes of at least 4 members (excludes halogenated alkanes) is 5. The van der Waals surface area contributed by atoms with Gasteiger partial charge >= 0.3 is 12.1 Å². The van der Waals surface area contributed by atoms with E-state index in [2.05, 4.69) is 6.58 Å². The Morgan fingerprint density at radius 2 is 1.72 bits per heavy atom. The summed E-state index contributed by atoms with van der Waals surface area (Å²) in [7, 11) is 0. The van der Waals surface area contributed by atoms with Gasteiger partial charge in [-0.3, -0.25) is 4.79 Å². The Morgan fingerprint density at radius 1 is 1.17 bits per heavy atom. The van der Waals surface area contributed by atoms with E-state index in [1.165, 1.54) is 0 Å². The summed E-state index contributed by atoms with van der Waals surface area (Å²) in [5.41, 5.74) is 0. The highest BCUT2D eigenvalue weighted by atomic mass is 19.4. The fourth-order valence-corrected chi connectivity index (χ4v) is 1.80. The molecule has 0 saturated carbocycles. The van der Waals surface area contributed by atoms with Gasteiger partial charge in [-0.25, -0.2) is 0 Å². The van der Waals surface area contributed by atoms with Crippen LogP contribution in [0.3, 0.4) is 0 Å². The molecule has 1 N–H and O–H groups in total. The molecule has 0 rings (SSSR count). The molecule has 106 valence electrons. The lowest BCUT2D eigenvalue weighted by molar-refractivity contribution is -0.164. The highest BCUT2D eigenvalue weighted by Crippen LogP contribution is 2.28. The van der Waals surface area contributed by atoms with Crippen LogP contribution in [0.5, 0.6) is 0 Å². The van der Waals surface area contributed by atoms with Crippen molar-refractivity contribution in [3.8, 4) is 0 Å². The topological polar surface area (TPSA) is 37.3 Å². The maximum absolute atomic E-state index is 12.1.